The quantitative estimate of drug-likeness (QED) is 0.714. The topological polar surface area (TPSA) is 54.3 Å². The fourth-order valence-corrected chi connectivity index (χ4v) is 3.82. The molecule has 6 nitrogen and oxygen atoms in total. The molecule has 1 amide bonds. The number of carbonyl (C=O) groups is 1. The third-order valence-corrected chi connectivity index (χ3v) is 5.51. The van der Waals surface area contributed by atoms with Crippen LogP contribution in [0, 0.1) is 6.92 Å². The number of aromatic nitrogens is 3. The average molecular weight is 367 g/mol. The van der Waals surface area contributed by atoms with E-state index in [0.717, 1.165) is 48.3 Å². The Bertz CT molecular complexity index is 909. The summed E-state index contributed by atoms with van der Waals surface area (Å²) in [5, 5.41) is 7.39. The van der Waals surface area contributed by atoms with Crippen LogP contribution in [-0.2, 0) is 0 Å². The fraction of sp³-hybridized carbons (Fsp3) is 0.316. The summed E-state index contributed by atoms with van der Waals surface area (Å²) in [6.45, 7) is 5.22. The largest absolute Gasteiger partial charge is 0.335 e. The van der Waals surface area contributed by atoms with Gasteiger partial charge in [-0.15, -0.1) is 11.3 Å². The molecule has 2 aromatic heterocycles. The van der Waals surface area contributed by atoms with Gasteiger partial charge in [-0.2, -0.15) is 5.10 Å². The van der Waals surface area contributed by atoms with E-state index in [1.54, 1.807) is 4.68 Å². The van der Waals surface area contributed by atoms with Gasteiger partial charge >= 0.3 is 0 Å². The number of hydrogen-bond acceptors (Lipinski definition) is 5. The molecule has 1 saturated heterocycles. The van der Waals surface area contributed by atoms with Crippen LogP contribution in [0.2, 0.25) is 0 Å². The molecule has 0 saturated carbocycles. The normalized spacial score (nSPS) is 15.4. The van der Waals surface area contributed by atoms with Crippen molar-refractivity contribution < 1.29 is 4.79 Å². The lowest BCUT2D eigenvalue weighted by atomic mass is 10.1. The lowest BCUT2D eigenvalue weighted by Crippen LogP contribution is -2.47. The lowest BCUT2D eigenvalue weighted by molar-refractivity contribution is 0.0657. The van der Waals surface area contributed by atoms with Crippen molar-refractivity contribution in [3.8, 4) is 16.4 Å². The van der Waals surface area contributed by atoms with Crippen LogP contribution in [0.1, 0.15) is 16.2 Å². The summed E-state index contributed by atoms with van der Waals surface area (Å²) in [5.74, 6) is -0.0118. The Labute approximate surface area is 156 Å². The Morgan fingerprint density at radius 3 is 2.50 bits per heavy atom. The predicted molar refractivity (Wildman–Crippen MR) is 103 cm³/mol. The zero-order valence-corrected chi connectivity index (χ0v) is 15.7. The molecule has 0 spiro atoms. The van der Waals surface area contributed by atoms with Crippen molar-refractivity contribution in [2.45, 2.75) is 6.92 Å². The molecule has 3 aromatic rings. The van der Waals surface area contributed by atoms with Crippen LogP contribution in [0.25, 0.3) is 16.4 Å². The van der Waals surface area contributed by atoms with Gasteiger partial charge in [0.05, 0.1) is 11.4 Å². The number of benzene rings is 1. The van der Waals surface area contributed by atoms with Gasteiger partial charge in [-0.1, -0.05) is 30.3 Å². The van der Waals surface area contributed by atoms with Crippen molar-refractivity contribution in [3.05, 3.63) is 53.2 Å². The monoisotopic (exact) mass is 367 g/mol. The molecule has 26 heavy (non-hydrogen) atoms. The second-order valence-electron chi connectivity index (χ2n) is 6.56. The summed E-state index contributed by atoms with van der Waals surface area (Å²) in [4.78, 5) is 21.6. The summed E-state index contributed by atoms with van der Waals surface area (Å²) in [6.07, 6.45) is 0. The molecule has 0 radical (unpaired) electrons. The van der Waals surface area contributed by atoms with Gasteiger partial charge in [0.15, 0.2) is 5.69 Å². The van der Waals surface area contributed by atoms with Gasteiger partial charge in [0, 0.05) is 37.1 Å². The molecule has 1 aromatic carbocycles. The SMILES string of the molecule is Cc1csc(-n2nc(C(=O)N3CCN(C)CC3)cc2-c2ccccc2)n1. The fourth-order valence-electron chi connectivity index (χ4n) is 3.06. The molecule has 0 N–H and O–H groups in total. The molecule has 1 aliphatic rings. The highest BCUT2D eigenvalue weighted by molar-refractivity contribution is 7.12. The molecule has 0 bridgehead atoms. The molecular formula is C19H21N5OS. The number of likely N-dealkylation sites (N-methyl/N-ethyl adjacent to an activating group) is 1. The maximum atomic E-state index is 13.0. The number of hydrogen-bond donors (Lipinski definition) is 0. The van der Waals surface area contributed by atoms with Crippen molar-refractivity contribution in [2.24, 2.45) is 0 Å². The Balaban J connectivity index is 1.73. The molecule has 4 rings (SSSR count). The third-order valence-electron chi connectivity index (χ3n) is 4.58. The molecule has 0 atom stereocenters. The van der Waals surface area contributed by atoms with Crippen molar-refractivity contribution >= 4 is 17.2 Å². The molecule has 0 aliphatic carbocycles. The molecule has 0 unspecified atom stereocenters. The smallest absolute Gasteiger partial charge is 0.274 e. The van der Waals surface area contributed by atoms with Crippen molar-refractivity contribution in [2.75, 3.05) is 33.2 Å². The Morgan fingerprint density at radius 1 is 1.12 bits per heavy atom. The van der Waals surface area contributed by atoms with E-state index in [0.29, 0.717) is 5.69 Å². The minimum Gasteiger partial charge on any atom is -0.335 e. The molecular weight excluding hydrogens is 346 g/mol. The number of rotatable bonds is 3. The number of aryl methyl sites for hydroxylation is 1. The maximum Gasteiger partial charge on any atom is 0.274 e. The highest BCUT2D eigenvalue weighted by atomic mass is 32.1. The highest BCUT2D eigenvalue weighted by Gasteiger charge is 2.24. The minimum atomic E-state index is -0.0118. The van der Waals surface area contributed by atoms with Crippen LogP contribution in [-0.4, -0.2) is 63.7 Å². The first-order valence-corrected chi connectivity index (χ1v) is 9.55. The lowest BCUT2D eigenvalue weighted by Gasteiger charge is -2.31. The number of thiazole rings is 1. The average Bonchev–Trinajstić information content (AvgIpc) is 3.29. The second-order valence-corrected chi connectivity index (χ2v) is 7.40. The van der Waals surface area contributed by atoms with E-state index in [9.17, 15) is 4.79 Å². The van der Waals surface area contributed by atoms with Crippen LogP contribution in [0.4, 0.5) is 0 Å². The van der Waals surface area contributed by atoms with Crippen molar-refractivity contribution in [1.29, 1.82) is 0 Å². The van der Waals surface area contributed by atoms with E-state index >= 15 is 0 Å². The van der Waals surface area contributed by atoms with E-state index in [1.807, 2.05) is 53.6 Å². The van der Waals surface area contributed by atoms with E-state index in [1.165, 1.54) is 11.3 Å². The maximum absolute atomic E-state index is 13.0. The van der Waals surface area contributed by atoms with Gasteiger partial charge in [-0.25, -0.2) is 9.67 Å². The zero-order chi connectivity index (χ0) is 18.1. The summed E-state index contributed by atoms with van der Waals surface area (Å²) in [5.41, 5.74) is 3.33. The summed E-state index contributed by atoms with van der Waals surface area (Å²) in [6, 6.07) is 11.9. The number of carbonyl (C=O) groups excluding carboxylic acids is 1. The first kappa shape index (κ1) is 16.9. The summed E-state index contributed by atoms with van der Waals surface area (Å²) < 4.78 is 1.79. The Morgan fingerprint density at radius 2 is 1.85 bits per heavy atom. The number of amides is 1. The van der Waals surface area contributed by atoms with Crippen molar-refractivity contribution in [3.63, 3.8) is 0 Å². The standard InChI is InChI=1S/C19H21N5OS/c1-14-13-26-19(20-14)24-17(15-6-4-3-5-7-15)12-16(21-24)18(25)23-10-8-22(2)9-11-23/h3-7,12-13H,8-11H2,1-2H3. The number of nitrogens with zero attached hydrogens (tertiary/aromatic N) is 5. The molecule has 7 heteroatoms. The second kappa shape index (κ2) is 7.01. The number of piperazine rings is 1. The van der Waals surface area contributed by atoms with Crippen LogP contribution in [0.3, 0.4) is 0 Å². The van der Waals surface area contributed by atoms with Crippen LogP contribution in [0.15, 0.2) is 41.8 Å². The molecule has 1 fully saturated rings. The molecule has 3 heterocycles. The summed E-state index contributed by atoms with van der Waals surface area (Å²) >= 11 is 1.53. The van der Waals surface area contributed by atoms with Crippen molar-refractivity contribution in [1.82, 2.24) is 24.6 Å². The van der Waals surface area contributed by atoms with Crippen LogP contribution < -0.4 is 0 Å². The van der Waals surface area contributed by atoms with Gasteiger partial charge in [0.2, 0.25) is 5.13 Å². The van der Waals surface area contributed by atoms with Gasteiger partial charge in [-0.05, 0) is 20.0 Å². The first-order chi connectivity index (χ1) is 12.6. The van der Waals surface area contributed by atoms with Gasteiger partial charge in [-0.3, -0.25) is 4.79 Å². The van der Waals surface area contributed by atoms with E-state index in [4.69, 9.17) is 0 Å². The summed E-state index contributed by atoms with van der Waals surface area (Å²) in [7, 11) is 2.08. The van der Waals surface area contributed by atoms with Gasteiger partial charge in [0.1, 0.15) is 0 Å². The third kappa shape index (κ3) is 3.27. The van der Waals surface area contributed by atoms with E-state index in [2.05, 4.69) is 22.0 Å². The van der Waals surface area contributed by atoms with Crippen LogP contribution >= 0.6 is 11.3 Å². The Hall–Kier alpha value is -2.51. The molecule has 1 aliphatic heterocycles. The van der Waals surface area contributed by atoms with E-state index < -0.39 is 0 Å². The first-order valence-electron chi connectivity index (χ1n) is 8.67. The van der Waals surface area contributed by atoms with E-state index in [-0.39, 0.29) is 5.91 Å². The zero-order valence-electron chi connectivity index (χ0n) is 14.9. The highest BCUT2D eigenvalue weighted by Crippen LogP contribution is 2.26. The van der Waals surface area contributed by atoms with Gasteiger partial charge in [0.25, 0.3) is 5.91 Å². The molecule has 134 valence electrons. The van der Waals surface area contributed by atoms with Gasteiger partial charge < -0.3 is 9.80 Å². The predicted octanol–water partition coefficient (Wildman–Crippen LogP) is 2.69. The minimum absolute atomic E-state index is 0.0118. The Kier molecular flexibility index (Phi) is 4.57. The van der Waals surface area contributed by atoms with Crippen LogP contribution in [0.5, 0.6) is 0 Å².